The molecule has 0 aliphatic heterocycles. The molecule has 0 atom stereocenters. The lowest BCUT2D eigenvalue weighted by molar-refractivity contribution is 0.0600. The van der Waals surface area contributed by atoms with Crippen LogP contribution in [0.3, 0.4) is 0 Å². The van der Waals surface area contributed by atoms with Crippen molar-refractivity contribution in [3.05, 3.63) is 64.5 Å². The van der Waals surface area contributed by atoms with Crippen LogP contribution in [0.25, 0.3) is 21.1 Å². The maximum absolute atomic E-state index is 12.7. The monoisotopic (exact) mass is 391 g/mol. The number of rotatable bonds is 3. The van der Waals surface area contributed by atoms with E-state index in [0.717, 1.165) is 26.7 Å². The highest BCUT2D eigenvalue weighted by Crippen LogP contribution is 2.35. The lowest BCUT2D eigenvalue weighted by Gasteiger charge is -2.05. The number of hydrogen-bond acceptors (Lipinski definition) is 6. The van der Waals surface area contributed by atoms with Crippen molar-refractivity contribution in [1.29, 1.82) is 0 Å². The maximum atomic E-state index is 12.7. The fourth-order valence-electron chi connectivity index (χ4n) is 2.97. The first kappa shape index (κ1) is 17.9. The van der Waals surface area contributed by atoms with E-state index in [1.54, 1.807) is 24.3 Å². The van der Waals surface area contributed by atoms with Gasteiger partial charge in [0.15, 0.2) is 0 Å². The van der Waals surface area contributed by atoms with Crippen molar-refractivity contribution in [2.24, 2.45) is 0 Å². The highest BCUT2D eigenvalue weighted by atomic mass is 32.1. The van der Waals surface area contributed by atoms with Crippen LogP contribution in [0.5, 0.6) is 0 Å². The first-order valence-electron chi connectivity index (χ1n) is 8.55. The molecular weight excluding hydrogens is 374 g/mol. The molecule has 0 aliphatic carbocycles. The zero-order valence-electron chi connectivity index (χ0n) is 15.3. The zero-order chi connectivity index (χ0) is 19.8. The number of carbonyl (C=O) groups excluding carboxylic acids is 2. The molecule has 140 valence electrons. The van der Waals surface area contributed by atoms with E-state index in [1.165, 1.54) is 18.4 Å². The predicted octanol–water partition coefficient (Wildman–Crippen LogP) is 4.38. The predicted molar refractivity (Wildman–Crippen MR) is 112 cm³/mol. The van der Waals surface area contributed by atoms with Crippen molar-refractivity contribution in [1.82, 2.24) is 4.98 Å². The van der Waals surface area contributed by atoms with Gasteiger partial charge in [-0.3, -0.25) is 4.79 Å². The molecule has 28 heavy (non-hydrogen) atoms. The van der Waals surface area contributed by atoms with Crippen LogP contribution in [0.4, 0.5) is 11.4 Å². The molecule has 2 aromatic carbocycles. The number of nitrogens with one attached hydrogen (secondary N) is 1. The number of ether oxygens (including phenoxy) is 1. The minimum Gasteiger partial charge on any atom is -0.465 e. The van der Waals surface area contributed by atoms with E-state index in [2.05, 4.69) is 15.0 Å². The van der Waals surface area contributed by atoms with Gasteiger partial charge in [0.05, 0.1) is 23.9 Å². The van der Waals surface area contributed by atoms with Gasteiger partial charge in [0, 0.05) is 16.5 Å². The summed E-state index contributed by atoms with van der Waals surface area (Å²) in [5.41, 5.74) is 9.63. The fourth-order valence-corrected chi connectivity index (χ4v) is 3.95. The zero-order valence-corrected chi connectivity index (χ0v) is 16.1. The average Bonchev–Trinajstić information content (AvgIpc) is 3.02. The Hall–Kier alpha value is -3.45. The van der Waals surface area contributed by atoms with Crippen LogP contribution >= 0.6 is 11.3 Å². The molecule has 0 bridgehead atoms. The Bertz CT molecular complexity index is 1230. The number of anilines is 2. The Morgan fingerprint density at radius 1 is 1.11 bits per heavy atom. The van der Waals surface area contributed by atoms with Crippen LogP contribution in [0.1, 0.15) is 25.6 Å². The van der Waals surface area contributed by atoms with E-state index in [0.29, 0.717) is 21.8 Å². The summed E-state index contributed by atoms with van der Waals surface area (Å²) in [5.74, 6) is -0.744. The molecule has 0 radical (unpaired) electrons. The highest BCUT2D eigenvalue weighted by Gasteiger charge is 2.18. The Balaban J connectivity index is 1.66. The van der Waals surface area contributed by atoms with E-state index in [1.807, 2.05) is 31.2 Å². The summed E-state index contributed by atoms with van der Waals surface area (Å²) >= 11 is 1.26. The standard InChI is InChI=1S/C21H17N3O3S/c1-11-3-4-13-10-15-17(22)18(28-20(15)24-16(13)9-11)19(25)23-14-7-5-12(6-8-14)21(26)27-2/h3-10H,22H2,1-2H3,(H,23,25). The molecule has 0 spiro atoms. The van der Waals surface area contributed by atoms with Gasteiger partial charge < -0.3 is 15.8 Å². The minimum absolute atomic E-state index is 0.313. The van der Waals surface area contributed by atoms with E-state index in [9.17, 15) is 9.59 Å². The largest absolute Gasteiger partial charge is 0.465 e. The number of amides is 1. The van der Waals surface area contributed by atoms with Crippen molar-refractivity contribution in [3.63, 3.8) is 0 Å². The molecule has 0 unspecified atom stereocenters. The SMILES string of the molecule is COC(=O)c1ccc(NC(=O)c2sc3nc4cc(C)ccc4cc3c2N)cc1. The third-order valence-electron chi connectivity index (χ3n) is 4.44. The first-order valence-corrected chi connectivity index (χ1v) is 9.37. The van der Waals surface area contributed by atoms with Gasteiger partial charge in [0.2, 0.25) is 0 Å². The number of pyridine rings is 1. The van der Waals surface area contributed by atoms with Gasteiger partial charge in [-0.05, 0) is 48.9 Å². The molecule has 0 fully saturated rings. The molecule has 1 amide bonds. The fraction of sp³-hybridized carbons (Fsp3) is 0.0952. The topological polar surface area (TPSA) is 94.3 Å². The number of aryl methyl sites for hydroxylation is 1. The quantitative estimate of drug-likeness (QED) is 0.506. The van der Waals surface area contributed by atoms with Crippen LogP contribution in [0.2, 0.25) is 0 Å². The molecule has 0 aliphatic rings. The number of aromatic nitrogens is 1. The summed E-state index contributed by atoms with van der Waals surface area (Å²) in [7, 11) is 1.32. The molecule has 0 saturated heterocycles. The number of nitrogens with zero attached hydrogens (tertiary/aromatic N) is 1. The van der Waals surface area contributed by atoms with Gasteiger partial charge in [-0.2, -0.15) is 0 Å². The van der Waals surface area contributed by atoms with Crippen LogP contribution < -0.4 is 11.1 Å². The summed E-state index contributed by atoms with van der Waals surface area (Å²) in [6.45, 7) is 2.01. The molecule has 0 saturated carbocycles. The first-order chi connectivity index (χ1) is 13.5. The van der Waals surface area contributed by atoms with E-state index in [4.69, 9.17) is 5.73 Å². The second-order valence-electron chi connectivity index (χ2n) is 6.41. The van der Waals surface area contributed by atoms with Crippen molar-refractivity contribution in [2.75, 3.05) is 18.2 Å². The van der Waals surface area contributed by atoms with Crippen LogP contribution in [0.15, 0.2) is 48.5 Å². The lowest BCUT2D eigenvalue weighted by atomic mass is 10.1. The second-order valence-corrected chi connectivity index (χ2v) is 7.40. The van der Waals surface area contributed by atoms with E-state index >= 15 is 0 Å². The van der Waals surface area contributed by atoms with E-state index < -0.39 is 5.97 Å². The molecule has 7 heteroatoms. The van der Waals surface area contributed by atoms with Crippen molar-refractivity contribution >= 4 is 55.7 Å². The summed E-state index contributed by atoms with van der Waals surface area (Å²) in [5, 5.41) is 4.56. The third-order valence-corrected chi connectivity index (χ3v) is 5.56. The Kier molecular flexibility index (Phi) is 4.44. The van der Waals surface area contributed by atoms with Crippen molar-refractivity contribution in [2.45, 2.75) is 6.92 Å². The number of carbonyl (C=O) groups is 2. The van der Waals surface area contributed by atoms with Crippen LogP contribution in [0, 0.1) is 6.92 Å². The third kappa shape index (κ3) is 3.16. The Labute approximate surface area is 164 Å². The number of nitrogens with two attached hydrogens (primary N) is 1. The number of benzene rings is 2. The molecule has 4 aromatic rings. The van der Waals surface area contributed by atoms with Crippen molar-refractivity contribution < 1.29 is 14.3 Å². The molecule has 3 N–H and O–H groups in total. The highest BCUT2D eigenvalue weighted by molar-refractivity contribution is 7.21. The number of esters is 1. The smallest absolute Gasteiger partial charge is 0.337 e. The molecule has 2 heterocycles. The van der Waals surface area contributed by atoms with Crippen molar-refractivity contribution in [3.8, 4) is 0 Å². The van der Waals surface area contributed by atoms with Crippen LogP contribution in [-0.4, -0.2) is 24.0 Å². The molecular formula is C21H17N3O3S. The Morgan fingerprint density at radius 3 is 2.57 bits per heavy atom. The number of fused-ring (bicyclic) bond motifs is 2. The van der Waals surface area contributed by atoms with Gasteiger partial charge >= 0.3 is 5.97 Å². The normalized spacial score (nSPS) is 10.9. The van der Waals surface area contributed by atoms with Gasteiger partial charge in [0.1, 0.15) is 9.71 Å². The van der Waals surface area contributed by atoms with Gasteiger partial charge in [-0.15, -0.1) is 11.3 Å². The number of methoxy groups -OCH3 is 1. The van der Waals surface area contributed by atoms with Gasteiger partial charge in [-0.1, -0.05) is 12.1 Å². The van der Waals surface area contributed by atoms with Crippen LogP contribution in [-0.2, 0) is 4.74 Å². The summed E-state index contributed by atoms with van der Waals surface area (Å²) < 4.78 is 4.67. The summed E-state index contributed by atoms with van der Waals surface area (Å²) in [6.07, 6.45) is 0. The Morgan fingerprint density at radius 2 is 1.86 bits per heavy atom. The summed E-state index contributed by atoms with van der Waals surface area (Å²) in [6, 6.07) is 14.4. The number of thiophene rings is 1. The average molecular weight is 391 g/mol. The summed E-state index contributed by atoms with van der Waals surface area (Å²) in [4.78, 5) is 30.0. The number of nitrogen functional groups attached to an aromatic ring is 1. The lowest BCUT2D eigenvalue weighted by Crippen LogP contribution is -2.12. The number of hydrogen-bond donors (Lipinski definition) is 2. The second kappa shape index (κ2) is 6.94. The van der Waals surface area contributed by atoms with Gasteiger partial charge in [0.25, 0.3) is 5.91 Å². The molecule has 4 rings (SSSR count). The molecule has 2 aromatic heterocycles. The molecule has 6 nitrogen and oxygen atoms in total. The van der Waals surface area contributed by atoms with Gasteiger partial charge in [-0.25, -0.2) is 9.78 Å². The van der Waals surface area contributed by atoms with E-state index in [-0.39, 0.29) is 5.91 Å². The minimum atomic E-state index is -0.431. The maximum Gasteiger partial charge on any atom is 0.337 e.